The highest BCUT2D eigenvalue weighted by Gasteiger charge is 2.53. The van der Waals surface area contributed by atoms with Crippen molar-refractivity contribution in [2.45, 2.75) is 90.8 Å². The van der Waals surface area contributed by atoms with Crippen LogP contribution in [0.2, 0.25) is 0 Å². The van der Waals surface area contributed by atoms with Crippen molar-refractivity contribution in [3.05, 3.63) is 12.2 Å². The Morgan fingerprint density at radius 2 is 1.81 bits per heavy atom. The standard InChI is InChI=1S/C23H41N2O/c1-6-25(7-2)18-14-12-17(21(26)16-18)13-15-22-23(3,4)19-10-8-9-11-20(19)24(22)5/h13,15,17-21,26H,6-12,14,16H2,1-5H3/q+1/b15-13+. The smallest absolute Gasteiger partial charge is 0.181 e. The average molecular weight is 362 g/mol. The molecule has 0 amide bonds. The number of aliphatic hydroxyl groups excluding tert-OH is 1. The van der Waals surface area contributed by atoms with Gasteiger partial charge in [-0.25, -0.2) is 4.58 Å². The fourth-order valence-electron chi connectivity index (χ4n) is 6.23. The van der Waals surface area contributed by atoms with Gasteiger partial charge in [0.25, 0.3) is 0 Å². The Kier molecular flexibility index (Phi) is 6.29. The number of allylic oxidation sites excluding steroid dienone is 1. The van der Waals surface area contributed by atoms with Gasteiger partial charge in [0.2, 0.25) is 0 Å². The van der Waals surface area contributed by atoms with Crippen molar-refractivity contribution in [2.24, 2.45) is 17.3 Å². The van der Waals surface area contributed by atoms with Crippen LogP contribution in [0, 0.1) is 17.3 Å². The van der Waals surface area contributed by atoms with Crippen LogP contribution in [0.15, 0.2) is 12.2 Å². The van der Waals surface area contributed by atoms with E-state index >= 15 is 0 Å². The maximum absolute atomic E-state index is 10.8. The molecule has 3 heteroatoms. The van der Waals surface area contributed by atoms with Gasteiger partial charge in [0, 0.05) is 30.4 Å². The maximum Gasteiger partial charge on any atom is 0.181 e. The molecule has 5 unspecified atom stereocenters. The molecular weight excluding hydrogens is 320 g/mol. The highest BCUT2D eigenvalue weighted by Crippen LogP contribution is 2.45. The zero-order valence-electron chi connectivity index (χ0n) is 17.7. The average Bonchev–Trinajstić information content (AvgIpc) is 2.82. The lowest BCUT2D eigenvalue weighted by Crippen LogP contribution is -2.42. The molecule has 0 aromatic rings. The van der Waals surface area contributed by atoms with Crippen LogP contribution >= 0.6 is 0 Å². The Balaban J connectivity index is 1.69. The van der Waals surface area contributed by atoms with Crippen LogP contribution in [-0.2, 0) is 0 Å². The van der Waals surface area contributed by atoms with Gasteiger partial charge < -0.3 is 10.0 Å². The zero-order valence-corrected chi connectivity index (χ0v) is 17.7. The van der Waals surface area contributed by atoms with Crippen molar-refractivity contribution in [2.75, 3.05) is 20.1 Å². The molecule has 0 saturated heterocycles. The molecule has 3 aliphatic rings. The van der Waals surface area contributed by atoms with E-state index in [9.17, 15) is 5.11 Å². The third kappa shape index (κ3) is 3.67. The summed E-state index contributed by atoms with van der Waals surface area (Å²) in [7, 11) is 2.30. The third-order valence-electron chi connectivity index (χ3n) is 7.87. The number of rotatable bonds is 5. The second kappa shape index (κ2) is 8.14. The van der Waals surface area contributed by atoms with Crippen molar-refractivity contribution < 1.29 is 9.68 Å². The molecule has 1 heterocycles. The molecular formula is C23H41N2O+. The number of aliphatic hydroxyl groups is 1. The van der Waals surface area contributed by atoms with Gasteiger partial charge in [-0.1, -0.05) is 26.3 Å². The van der Waals surface area contributed by atoms with E-state index in [-0.39, 0.29) is 11.5 Å². The Hall–Kier alpha value is -0.670. The van der Waals surface area contributed by atoms with Crippen molar-refractivity contribution in [1.82, 2.24) is 4.90 Å². The van der Waals surface area contributed by atoms with E-state index in [0.717, 1.165) is 37.9 Å². The number of hydrogen-bond donors (Lipinski definition) is 1. The molecule has 1 N–H and O–H groups in total. The van der Waals surface area contributed by atoms with Crippen LogP contribution in [0.25, 0.3) is 0 Å². The van der Waals surface area contributed by atoms with Crippen LogP contribution in [0.5, 0.6) is 0 Å². The van der Waals surface area contributed by atoms with E-state index in [0.29, 0.717) is 12.0 Å². The summed E-state index contributed by atoms with van der Waals surface area (Å²) in [6.07, 6.45) is 13.3. The molecule has 3 nitrogen and oxygen atoms in total. The minimum Gasteiger partial charge on any atom is -0.392 e. The molecule has 26 heavy (non-hydrogen) atoms. The molecule has 0 spiro atoms. The second-order valence-electron chi connectivity index (χ2n) is 9.45. The quantitative estimate of drug-likeness (QED) is 0.746. The number of hydrogen-bond acceptors (Lipinski definition) is 2. The maximum atomic E-state index is 10.8. The summed E-state index contributed by atoms with van der Waals surface area (Å²) in [5.74, 6) is 1.12. The zero-order chi connectivity index (χ0) is 18.9. The fraction of sp³-hybridized carbons (Fsp3) is 0.870. The van der Waals surface area contributed by atoms with Gasteiger partial charge in [-0.3, -0.25) is 0 Å². The molecule has 2 aliphatic carbocycles. The first-order valence-corrected chi connectivity index (χ1v) is 11.1. The Morgan fingerprint density at radius 1 is 1.12 bits per heavy atom. The molecule has 0 radical (unpaired) electrons. The van der Waals surface area contributed by atoms with Crippen LogP contribution < -0.4 is 0 Å². The Morgan fingerprint density at radius 3 is 2.42 bits per heavy atom. The minimum absolute atomic E-state index is 0.191. The van der Waals surface area contributed by atoms with E-state index in [4.69, 9.17) is 0 Å². The van der Waals surface area contributed by atoms with Gasteiger partial charge in [0.15, 0.2) is 11.8 Å². The SMILES string of the molecule is CCN(CC)C1CCC(/C=C/C2=[N+](C)C3CCCCC3C2(C)C)C(O)C1. The van der Waals surface area contributed by atoms with E-state index < -0.39 is 0 Å². The molecule has 2 saturated carbocycles. The number of nitrogens with zero attached hydrogens (tertiary/aromatic N) is 2. The molecule has 5 atom stereocenters. The Labute approximate surface area is 161 Å². The highest BCUT2D eigenvalue weighted by atomic mass is 16.3. The summed E-state index contributed by atoms with van der Waals surface area (Å²) in [5.41, 5.74) is 1.76. The third-order valence-corrected chi connectivity index (χ3v) is 7.87. The summed E-state index contributed by atoms with van der Waals surface area (Å²) in [4.78, 5) is 2.51. The first-order valence-electron chi connectivity index (χ1n) is 11.1. The summed E-state index contributed by atoms with van der Waals surface area (Å²) < 4.78 is 2.56. The van der Waals surface area contributed by atoms with Gasteiger partial charge in [-0.2, -0.15) is 0 Å². The summed E-state index contributed by atoms with van der Waals surface area (Å²) in [6.45, 7) is 11.5. The lowest BCUT2D eigenvalue weighted by atomic mass is 9.69. The van der Waals surface area contributed by atoms with Crippen molar-refractivity contribution in [3.63, 3.8) is 0 Å². The lowest BCUT2D eigenvalue weighted by molar-refractivity contribution is -0.538. The van der Waals surface area contributed by atoms with Crippen LogP contribution in [0.4, 0.5) is 0 Å². The summed E-state index contributed by atoms with van der Waals surface area (Å²) >= 11 is 0. The van der Waals surface area contributed by atoms with Crippen LogP contribution in [0.3, 0.4) is 0 Å². The normalized spacial score (nSPS) is 37.6. The van der Waals surface area contributed by atoms with Crippen molar-refractivity contribution >= 4 is 5.71 Å². The molecule has 0 aromatic heterocycles. The fourth-order valence-corrected chi connectivity index (χ4v) is 6.23. The van der Waals surface area contributed by atoms with Gasteiger partial charge in [0.05, 0.1) is 11.5 Å². The predicted molar refractivity (Wildman–Crippen MR) is 110 cm³/mol. The summed E-state index contributed by atoms with van der Waals surface area (Å²) in [5, 5.41) is 10.8. The van der Waals surface area contributed by atoms with E-state index in [1.54, 1.807) is 0 Å². The summed E-state index contributed by atoms with van der Waals surface area (Å²) in [6, 6.07) is 1.28. The highest BCUT2D eigenvalue weighted by molar-refractivity contribution is 5.96. The molecule has 148 valence electrons. The topological polar surface area (TPSA) is 26.5 Å². The van der Waals surface area contributed by atoms with Crippen LogP contribution in [0.1, 0.15) is 72.6 Å². The molecule has 2 fully saturated rings. The first-order chi connectivity index (χ1) is 12.4. The van der Waals surface area contributed by atoms with Crippen molar-refractivity contribution in [3.8, 4) is 0 Å². The van der Waals surface area contributed by atoms with Gasteiger partial charge in [-0.05, 0) is 59.0 Å². The van der Waals surface area contributed by atoms with E-state index in [1.807, 2.05) is 0 Å². The predicted octanol–water partition coefficient (Wildman–Crippen LogP) is 4.10. The molecule has 0 aromatic carbocycles. The monoisotopic (exact) mass is 361 g/mol. The van der Waals surface area contributed by atoms with Gasteiger partial charge in [0.1, 0.15) is 7.05 Å². The van der Waals surface area contributed by atoms with E-state index in [2.05, 4.69) is 56.4 Å². The van der Waals surface area contributed by atoms with Crippen molar-refractivity contribution in [1.29, 1.82) is 0 Å². The molecule has 1 aliphatic heterocycles. The Bertz CT molecular complexity index is 546. The minimum atomic E-state index is -0.191. The van der Waals surface area contributed by atoms with Gasteiger partial charge in [-0.15, -0.1) is 0 Å². The van der Waals surface area contributed by atoms with Gasteiger partial charge >= 0.3 is 0 Å². The molecule has 3 rings (SSSR count). The first kappa shape index (κ1) is 20.1. The number of fused-ring (bicyclic) bond motifs is 1. The second-order valence-corrected chi connectivity index (χ2v) is 9.45. The van der Waals surface area contributed by atoms with E-state index in [1.165, 1.54) is 37.8 Å². The van der Waals surface area contributed by atoms with Crippen LogP contribution in [-0.4, -0.2) is 58.6 Å². The lowest BCUT2D eigenvalue weighted by Gasteiger charge is -2.38. The largest absolute Gasteiger partial charge is 0.392 e. The molecule has 0 bridgehead atoms.